The van der Waals surface area contributed by atoms with Crippen molar-refractivity contribution in [2.24, 2.45) is 5.84 Å². The Kier molecular flexibility index (Phi) is 1.68. The number of carbonyl (C=O) groups excluding carboxylic acids is 1. The zero-order valence-corrected chi connectivity index (χ0v) is 5.42. The highest BCUT2D eigenvalue weighted by molar-refractivity contribution is 5.88. The number of hydrazine groups is 1. The third kappa shape index (κ3) is 1.14. The van der Waals surface area contributed by atoms with Gasteiger partial charge in [0, 0.05) is 0 Å². The van der Waals surface area contributed by atoms with Crippen molar-refractivity contribution in [2.75, 3.05) is 0 Å². The SMILES string of the molecule is Cc1coc(C(=O)NN)n1. The van der Waals surface area contributed by atoms with Crippen LogP contribution in [-0.2, 0) is 0 Å². The van der Waals surface area contributed by atoms with E-state index < -0.39 is 5.91 Å². The van der Waals surface area contributed by atoms with Gasteiger partial charge < -0.3 is 4.42 Å². The van der Waals surface area contributed by atoms with Crippen LogP contribution in [0.5, 0.6) is 0 Å². The third-order valence-electron chi connectivity index (χ3n) is 0.944. The molecule has 3 N–H and O–H groups in total. The van der Waals surface area contributed by atoms with Crippen LogP contribution in [0, 0.1) is 6.92 Å². The summed E-state index contributed by atoms with van der Waals surface area (Å²) in [5.74, 6) is 4.28. The number of rotatable bonds is 1. The van der Waals surface area contributed by atoms with Crippen LogP contribution in [0.4, 0.5) is 0 Å². The van der Waals surface area contributed by atoms with Crippen molar-refractivity contribution in [1.82, 2.24) is 10.4 Å². The zero-order chi connectivity index (χ0) is 7.56. The van der Waals surface area contributed by atoms with E-state index in [1.807, 2.05) is 5.43 Å². The molecule has 0 aliphatic heterocycles. The number of nitrogen functional groups attached to an aromatic ring is 1. The molecule has 0 aliphatic rings. The number of carbonyl (C=O) groups is 1. The van der Waals surface area contributed by atoms with Gasteiger partial charge in [0.2, 0.25) is 0 Å². The van der Waals surface area contributed by atoms with Crippen molar-refractivity contribution in [3.05, 3.63) is 17.8 Å². The maximum atomic E-state index is 10.6. The summed E-state index contributed by atoms with van der Waals surface area (Å²) in [6, 6.07) is 0. The second-order valence-electron chi connectivity index (χ2n) is 1.77. The van der Waals surface area contributed by atoms with Crippen molar-refractivity contribution < 1.29 is 9.21 Å². The number of aryl methyl sites for hydroxylation is 1. The molecule has 0 saturated heterocycles. The highest BCUT2D eigenvalue weighted by Gasteiger charge is 2.08. The molecule has 0 bridgehead atoms. The summed E-state index contributed by atoms with van der Waals surface area (Å²) in [5.41, 5.74) is 2.55. The number of nitrogens with one attached hydrogen (secondary N) is 1. The fourth-order valence-corrected chi connectivity index (χ4v) is 0.520. The van der Waals surface area contributed by atoms with E-state index in [1.54, 1.807) is 6.92 Å². The standard InChI is InChI=1S/C5H7N3O2/c1-3-2-10-5(7-3)4(9)8-6/h2H,6H2,1H3,(H,8,9). The average Bonchev–Trinajstić information content (AvgIpc) is 2.34. The molecule has 0 aliphatic carbocycles. The summed E-state index contributed by atoms with van der Waals surface area (Å²) >= 11 is 0. The Morgan fingerprint density at radius 2 is 2.60 bits per heavy atom. The lowest BCUT2D eigenvalue weighted by atomic mass is 10.6. The molecule has 1 amide bonds. The van der Waals surface area contributed by atoms with Gasteiger partial charge in [0.05, 0.1) is 5.69 Å². The van der Waals surface area contributed by atoms with Crippen LogP contribution in [0.1, 0.15) is 16.4 Å². The van der Waals surface area contributed by atoms with Crippen molar-refractivity contribution in [3.63, 3.8) is 0 Å². The highest BCUT2D eigenvalue weighted by atomic mass is 16.4. The van der Waals surface area contributed by atoms with E-state index in [-0.39, 0.29) is 5.89 Å². The maximum absolute atomic E-state index is 10.6. The minimum absolute atomic E-state index is 0.0139. The first kappa shape index (κ1) is 6.76. The van der Waals surface area contributed by atoms with Crippen LogP contribution in [0.25, 0.3) is 0 Å². The Hall–Kier alpha value is -1.36. The smallest absolute Gasteiger partial charge is 0.320 e. The Morgan fingerprint density at radius 1 is 1.90 bits per heavy atom. The van der Waals surface area contributed by atoms with Gasteiger partial charge in [0.15, 0.2) is 0 Å². The van der Waals surface area contributed by atoms with E-state index in [9.17, 15) is 4.79 Å². The summed E-state index contributed by atoms with van der Waals surface area (Å²) in [5, 5.41) is 0. The molecule has 1 rings (SSSR count). The molecule has 10 heavy (non-hydrogen) atoms. The lowest BCUT2D eigenvalue weighted by Crippen LogP contribution is -2.30. The predicted molar refractivity (Wildman–Crippen MR) is 32.9 cm³/mol. The van der Waals surface area contributed by atoms with E-state index in [2.05, 4.69) is 4.98 Å². The van der Waals surface area contributed by atoms with E-state index in [0.29, 0.717) is 5.69 Å². The molecular formula is C5H7N3O2. The quantitative estimate of drug-likeness (QED) is 0.316. The summed E-state index contributed by atoms with van der Waals surface area (Å²) in [6.07, 6.45) is 1.38. The van der Waals surface area contributed by atoms with Crippen molar-refractivity contribution in [2.45, 2.75) is 6.92 Å². The molecule has 0 spiro atoms. The van der Waals surface area contributed by atoms with Gasteiger partial charge in [-0.1, -0.05) is 0 Å². The molecule has 0 radical (unpaired) electrons. The molecule has 0 unspecified atom stereocenters. The number of hydrogen-bond donors (Lipinski definition) is 2. The van der Waals surface area contributed by atoms with E-state index >= 15 is 0 Å². The number of hydrogen-bond acceptors (Lipinski definition) is 4. The van der Waals surface area contributed by atoms with Crippen LogP contribution in [0.2, 0.25) is 0 Å². The fraction of sp³-hybridized carbons (Fsp3) is 0.200. The van der Waals surface area contributed by atoms with Crippen molar-refractivity contribution in [3.8, 4) is 0 Å². The molecular weight excluding hydrogens is 134 g/mol. The number of aromatic nitrogens is 1. The average molecular weight is 141 g/mol. The van der Waals surface area contributed by atoms with Crippen molar-refractivity contribution in [1.29, 1.82) is 0 Å². The van der Waals surface area contributed by atoms with Gasteiger partial charge in [0.1, 0.15) is 6.26 Å². The lowest BCUT2D eigenvalue weighted by Gasteiger charge is -1.88. The lowest BCUT2D eigenvalue weighted by molar-refractivity contribution is 0.0919. The summed E-state index contributed by atoms with van der Waals surface area (Å²) in [6.45, 7) is 1.72. The number of nitrogens with zero attached hydrogens (tertiary/aromatic N) is 1. The summed E-state index contributed by atoms with van der Waals surface area (Å²) in [4.78, 5) is 14.4. The van der Waals surface area contributed by atoms with Gasteiger partial charge in [-0.2, -0.15) is 0 Å². The first-order chi connectivity index (χ1) is 4.74. The van der Waals surface area contributed by atoms with Crippen LogP contribution < -0.4 is 11.3 Å². The van der Waals surface area contributed by atoms with E-state index in [4.69, 9.17) is 10.3 Å². The molecule has 54 valence electrons. The fourth-order valence-electron chi connectivity index (χ4n) is 0.520. The number of oxazole rings is 1. The summed E-state index contributed by atoms with van der Waals surface area (Å²) in [7, 11) is 0. The van der Waals surface area contributed by atoms with E-state index in [0.717, 1.165) is 0 Å². The molecule has 1 aromatic rings. The second kappa shape index (κ2) is 2.49. The monoisotopic (exact) mass is 141 g/mol. The molecule has 0 fully saturated rings. The molecule has 0 aromatic carbocycles. The van der Waals surface area contributed by atoms with Gasteiger partial charge in [0.25, 0.3) is 5.89 Å². The Labute approximate surface area is 57.2 Å². The molecule has 5 nitrogen and oxygen atoms in total. The second-order valence-corrected chi connectivity index (χ2v) is 1.77. The van der Waals surface area contributed by atoms with Crippen molar-refractivity contribution >= 4 is 5.91 Å². The van der Waals surface area contributed by atoms with Gasteiger partial charge >= 0.3 is 5.91 Å². The minimum atomic E-state index is -0.520. The Bertz CT molecular complexity index is 243. The largest absolute Gasteiger partial charge is 0.441 e. The van der Waals surface area contributed by atoms with Gasteiger partial charge in [-0.3, -0.25) is 10.2 Å². The Balaban J connectivity index is 2.85. The van der Waals surface area contributed by atoms with Gasteiger partial charge in [-0.05, 0) is 6.92 Å². The molecule has 5 heteroatoms. The number of amides is 1. The molecule has 0 saturated carbocycles. The zero-order valence-electron chi connectivity index (χ0n) is 5.42. The topological polar surface area (TPSA) is 81.2 Å². The van der Waals surface area contributed by atoms with Crippen LogP contribution in [0.3, 0.4) is 0 Å². The maximum Gasteiger partial charge on any atom is 0.320 e. The Morgan fingerprint density at radius 3 is 3.00 bits per heavy atom. The number of nitrogens with two attached hydrogens (primary N) is 1. The normalized spacial score (nSPS) is 9.40. The van der Waals surface area contributed by atoms with Crippen LogP contribution in [-0.4, -0.2) is 10.9 Å². The molecule has 1 aromatic heterocycles. The van der Waals surface area contributed by atoms with Gasteiger partial charge in [-0.15, -0.1) is 0 Å². The van der Waals surface area contributed by atoms with Gasteiger partial charge in [-0.25, -0.2) is 10.8 Å². The predicted octanol–water partition coefficient (Wildman–Crippen LogP) is -0.413. The molecule has 1 heterocycles. The van der Waals surface area contributed by atoms with Crippen LogP contribution in [0.15, 0.2) is 10.7 Å². The minimum Gasteiger partial charge on any atom is -0.441 e. The first-order valence-electron chi connectivity index (χ1n) is 2.67. The highest BCUT2D eigenvalue weighted by Crippen LogP contribution is 1.98. The van der Waals surface area contributed by atoms with Crippen LogP contribution >= 0.6 is 0 Å². The van der Waals surface area contributed by atoms with E-state index in [1.165, 1.54) is 6.26 Å². The first-order valence-corrected chi connectivity index (χ1v) is 2.67. The molecule has 0 atom stereocenters. The summed E-state index contributed by atoms with van der Waals surface area (Å²) < 4.78 is 4.71. The third-order valence-corrected chi connectivity index (χ3v) is 0.944.